The first-order valence-corrected chi connectivity index (χ1v) is 5.66. The number of halogens is 1. The Kier molecular flexibility index (Phi) is 3.50. The Morgan fingerprint density at radius 3 is 2.79 bits per heavy atom. The summed E-state index contributed by atoms with van der Waals surface area (Å²) in [5.74, 6) is 0.199. The third-order valence-electron chi connectivity index (χ3n) is 1.79. The first-order valence-electron chi connectivity index (χ1n) is 4.25. The molecule has 1 heterocycles. The predicted octanol–water partition coefficient (Wildman–Crippen LogP) is 2.66. The minimum absolute atomic E-state index is 0.0955. The van der Waals surface area contributed by atoms with Gasteiger partial charge >= 0.3 is 0 Å². The quantitative estimate of drug-likeness (QED) is 0.815. The number of anilines is 1. The number of aromatic nitrogens is 1. The van der Waals surface area contributed by atoms with Gasteiger partial charge in [-0.25, -0.2) is 4.98 Å². The molecular formula is C9H13ClN2OS. The van der Waals surface area contributed by atoms with Gasteiger partial charge in [0.2, 0.25) is 5.91 Å². The Morgan fingerprint density at radius 2 is 2.36 bits per heavy atom. The highest BCUT2D eigenvalue weighted by Gasteiger charge is 2.26. The molecule has 0 saturated carbocycles. The third kappa shape index (κ3) is 2.69. The molecule has 0 aliphatic heterocycles. The molecule has 0 aliphatic carbocycles. The van der Waals surface area contributed by atoms with Crippen molar-refractivity contribution in [1.29, 1.82) is 0 Å². The summed E-state index contributed by atoms with van der Waals surface area (Å²) < 4.78 is 0. The molecule has 0 unspecified atom stereocenters. The first-order chi connectivity index (χ1) is 6.45. The van der Waals surface area contributed by atoms with Gasteiger partial charge in [-0.3, -0.25) is 4.79 Å². The molecule has 1 N–H and O–H groups in total. The van der Waals surface area contributed by atoms with Crippen molar-refractivity contribution in [1.82, 2.24) is 4.98 Å². The van der Waals surface area contributed by atoms with E-state index < -0.39 is 5.41 Å². The average Bonchev–Trinajstić information content (AvgIpc) is 2.51. The van der Waals surface area contributed by atoms with E-state index in [1.54, 1.807) is 13.8 Å². The van der Waals surface area contributed by atoms with Crippen molar-refractivity contribution in [3.8, 4) is 0 Å². The van der Waals surface area contributed by atoms with E-state index in [4.69, 9.17) is 11.6 Å². The number of carbonyl (C=O) groups excluding carboxylic acids is 1. The van der Waals surface area contributed by atoms with Gasteiger partial charge in [0.05, 0.1) is 11.1 Å². The van der Waals surface area contributed by atoms with Crippen LogP contribution >= 0.6 is 22.9 Å². The van der Waals surface area contributed by atoms with Crippen molar-refractivity contribution in [3.05, 3.63) is 11.1 Å². The minimum Gasteiger partial charge on any atom is -0.301 e. The van der Waals surface area contributed by atoms with Crippen LogP contribution in [0.3, 0.4) is 0 Å². The van der Waals surface area contributed by atoms with Gasteiger partial charge in [0.15, 0.2) is 5.13 Å². The van der Waals surface area contributed by atoms with Gasteiger partial charge in [-0.2, -0.15) is 0 Å². The van der Waals surface area contributed by atoms with Crippen LogP contribution in [0.1, 0.15) is 19.5 Å². The van der Waals surface area contributed by atoms with Gasteiger partial charge in [-0.1, -0.05) is 0 Å². The molecule has 1 amide bonds. The van der Waals surface area contributed by atoms with Gasteiger partial charge < -0.3 is 5.32 Å². The fourth-order valence-electron chi connectivity index (χ4n) is 0.738. The molecule has 14 heavy (non-hydrogen) atoms. The van der Waals surface area contributed by atoms with Crippen LogP contribution in [0.5, 0.6) is 0 Å². The molecule has 0 atom stereocenters. The van der Waals surface area contributed by atoms with Crippen LogP contribution in [0, 0.1) is 12.3 Å². The van der Waals surface area contributed by atoms with E-state index in [0.717, 1.165) is 5.69 Å². The van der Waals surface area contributed by atoms with Crippen LogP contribution in [0.4, 0.5) is 5.13 Å². The van der Waals surface area contributed by atoms with Gasteiger partial charge in [0, 0.05) is 11.3 Å². The number of amides is 1. The van der Waals surface area contributed by atoms with E-state index in [0.29, 0.717) is 11.0 Å². The zero-order valence-corrected chi connectivity index (χ0v) is 10.00. The highest BCUT2D eigenvalue weighted by Crippen LogP contribution is 2.21. The zero-order valence-electron chi connectivity index (χ0n) is 8.43. The number of aryl methyl sites for hydroxylation is 1. The zero-order chi connectivity index (χ0) is 10.8. The summed E-state index contributed by atoms with van der Waals surface area (Å²) in [4.78, 5) is 15.8. The van der Waals surface area contributed by atoms with E-state index >= 15 is 0 Å². The van der Waals surface area contributed by atoms with Crippen LogP contribution in [0.15, 0.2) is 5.38 Å². The summed E-state index contributed by atoms with van der Waals surface area (Å²) >= 11 is 7.10. The average molecular weight is 233 g/mol. The Labute approximate surface area is 92.5 Å². The van der Waals surface area contributed by atoms with E-state index in [2.05, 4.69) is 10.3 Å². The number of carbonyl (C=O) groups is 1. The highest BCUT2D eigenvalue weighted by atomic mass is 35.5. The Bertz CT molecular complexity index is 335. The number of alkyl halides is 1. The number of nitrogens with one attached hydrogen (secondary N) is 1. The molecule has 0 fully saturated rings. The van der Waals surface area contributed by atoms with Gasteiger partial charge in [-0.15, -0.1) is 22.9 Å². The smallest absolute Gasteiger partial charge is 0.233 e. The second-order valence-electron chi connectivity index (χ2n) is 3.77. The Hall–Kier alpha value is -0.610. The topological polar surface area (TPSA) is 42.0 Å². The first kappa shape index (κ1) is 11.5. The molecule has 1 rings (SSSR count). The number of rotatable bonds is 3. The molecule has 0 saturated heterocycles. The van der Waals surface area contributed by atoms with Crippen LogP contribution < -0.4 is 5.32 Å². The van der Waals surface area contributed by atoms with Crippen molar-refractivity contribution in [2.24, 2.45) is 5.41 Å². The van der Waals surface area contributed by atoms with E-state index in [1.165, 1.54) is 11.3 Å². The van der Waals surface area contributed by atoms with E-state index in [1.807, 2.05) is 12.3 Å². The maximum atomic E-state index is 11.6. The molecule has 0 aromatic carbocycles. The monoisotopic (exact) mass is 232 g/mol. The third-order valence-corrected chi connectivity index (χ3v) is 3.33. The van der Waals surface area contributed by atoms with Crippen molar-refractivity contribution in [3.63, 3.8) is 0 Å². The summed E-state index contributed by atoms with van der Waals surface area (Å²) in [6.07, 6.45) is 0. The van der Waals surface area contributed by atoms with Crippen LogP contribution in [0.25, 0.3) is 0 Å². The summed E-state index contributed by atoms with van der Waals surface area (Å²) in [5, 5.41) is 5.26. The lowest BCUT2D eigenvalue weighted by atomic mass is 9.95. The largest absolute Gasteiger partial charge is 0.301 e. The minimum atomic E-state index is -0.554. The summed E-state index contributed by atoms with van der Waals surface area (Å²) in [5.41, 5.74) is 0.357. The maximum Gasteiger partial charge on any atom is 0.233 e. The number of hydrogen-bond acceptors (Lipinski definition) is 3. The normalized spacial score (nSPS) is 11.4. The highest BCUT2D eigenvalue weighted by molar-refractivity contribution is 7.13. The van der Waals surface area contributed by atoms with E-state index in [-0.39, 0.29) is 5.91 Å². The fraction of sp³-hybridized carbons (Fsp3) is 0.556. The second kappa shape index (κ2) is 4.28. The van der Waals surface area contributed by atoms with Crippen LogP contribution in [0.2, 0.25) is 0 Å². The summed E-state index contributed by atoms with van der Waals surface area (Å²) in [6, 6.07) is 0. The predicted molar refractivity (Wildman–Crippen MR) is 60.0 cm³/mol. The van der Waals surface area contributed by atoms with Gasteiger partial charge in [0.1, 0.15) is 0 Å². The molecule has 0 bridgehead atoms. The van der Waals surface area contributed by atoms with Crippen molar-refractivity contribution in [2.75, 3.05) is 11.2 Å². The number of hydrogen-bond donors (Lipinski definition) is 1. The summed E-state index contributed by atoms with van der Waals surface area (Å²) in [7, 11) is 0. The fourth-order valence-corrected chi connectivity index (χ4v) is 1.54. The Balaban J connectivity index is 2.66. The second-order valence-corrected chi connectivity index (χ2v) is 4.89. The molecule has 5 heteroatoms. The van der Waals surface area contributed by atoms with Gasteiger partial charge in [-0.05, 0) is 20.8 Å². The molecule has 0 spiro atoms. The SMILES string of the molecule is Cc1csc(NC(=O)C(C)(C)CCl)n1. The molecule has 1 aromatic heterocycles. The molecule has 1 aromatic rings. The van der Waals surface area contributed by atoms with Crippen LogP contribution in [-0.2, 0) is 4.79 Å². The lowest BCUT2D eigenvalue weighted by molar-refractivity contribution is -0.122. The van der Waals surface area contributed by atoms with Crippen molar-refractivity contribution in [2.45, 2.75) is 20.8 Å². The van der Waals surface area contributed by atoms with Crippen molar-refractivity contribution >= 4 is 34.0 Å². The van der Waals surface area contributed by atoms with E-state index in [9.17, 15) is 4.79 Å². The standard InChI is InChI=1S/C9H13ClN2OS/c1-6-4-14-8(11-6)12-7(13)9(2,3)5-10/h4H,5H2,1-3H3,(H,11,12,13). The lowest BCUT2D eigenvalue weighted by Gasteiger charge is -2.18. The lowest BCUT2D eigenvalue weighted by Crippen LogP contribution is -2.32. The molecule has 3 nitrogen and oxygen atoms in total. The molecular weight excluding hydrogens is 220 g/mol. The molecule has 0 radical (unpaired) electrons. The summed E-state index contributed by atoms with van der Waals surface area (Å²) in [6.45, 7) is 5.49. The number of nitrogens with zero attached hydrogens (tertiary/aromatic N) is 1. The van der Waals surface area contributed by atoms with Crippen molar-refractivity contribution < 1.29 is 4.79 Å². The van der Waals surface area contributed by atoms with Gasteiger partial charge in [0.25, 0.3) is 0 Å². The molecule has 0 aliphatic rings. The number of thiazole rings is 1. The maximum absolute atomic E-state index is 11.6. The van der Waals surface area contributed by atoms with Crippen LogP contribution in [-0.4, -0.2) is 16.8 Å². The Morgan fingerprint density at radius 1 is 1.71 bits per heavy atom. The molecule has 78 valence electrons.